The van der Waals surface area contributed by atoms with Gasteiger partial charge >= 0.3 is 0 Å². The van der Waals surface area contributed by atoms with Crippen molar-refractivity contribution in [1.29, 1.82) is 0 Å². The summed E-state index contributed by atoms with van der Waals surface area (Å²) in [4.78, 5) is 41.9. The van der Waals surface area contributed by atoms with Gasteiger partial charge in [-0.2, -0.15) is 0 Å². The van der Waals surface area contributed by atoms with E-state index >= 15 is 0 Å². The Morgan fingerprint density at radius 2 is 2.04 bits per heavy atom. The van der Waals surface area contributed by atoms with Gasteiger partial charge in [0.1, 0.15) is 0 Å². The minimum absolute atomic E-state index is 0.00796. The van der Waals surface area contributed by atoms with Gasteiger partial charge < -0.3 is 0 Å². The van der Waals surface area contributed by atoms with E-state index in [9.17, 15) is 14.4 Å². The Morgan fingerprint density at radius 3 is 2.78 bits per heavy atom. The molecule has 0 fully saturated rings. The van der Waals surface area contributed by atoms with Crippen molar-refractivity contribution in [3.8, 4) is 0 Å². The quantitative estimate of drug-likeness (QED) is 0.485. The predicted octanol–water partition coefficient (Wildman–Crippen LogP) is 3.31. The van der Waals surface area contributed by atoms with Crippen molar-refractivity contribution in [1.82, 2.24) is 14.9 Å². The number of carbonyl (C=O) groups is 2. The summed E-state index contributed by atoms with van der Waals surface area (Å²) in [6.45, 7) is 2.60. The summed E-state index contributed by atoms with van der Waals surface area (Å²) in [5, 5.41) is 5.20. The van der Waals surface area contributed by atoms with Gasteiger partial charge in [0.2, 0.25) is 5.91 Å². The second kappa shape index (κ2) is 8.96. The number of hydrogen-bond acceptors (Lipinski definition) is 6. The Hall–Kier alpha value is -2.45. The maximum Gasteiger partial charge on any atom is 0.267 e. The second-order valence-corrected chi connectivity index (χ2v) is 7.76. The molecule has 0 saturated heterocycles. The number of amides is 2. The van der Waals surface area contributed by atoms with Crippen LogP contribution < -0.4 is 10.9 Å². The molecule has 0 aliphatic heterocycles. The minimum Gasteiger partial charge on any atom is -0.291 e. The molecule has 6 nitrogen and oxygen atoms in total. The average molecular weight is 402 g/mol. The number of nitrogens with one attached hydrogen (secondary N) is 1. The highest BCUT2D eigenvalue weighted by Crippen LogP contribution is 2.18. The lowest BCUT2D eigenvalue weighted by Gasteiger charge is -2.12. The smallest absolute Gasteiger partial charge is 0.267 e. The topological polar surface area (TPSA) is 81.1 Å². The Labute approximate surface area is 164 Å². The molecule has 2 amide bonds. The largest absolute Gasteiger partial charge is 0.291 e. The number of unbranched alkanes of at least 4 members (excludes halogenated alkanes) is 1. The molecule has 0 radical (unpaired) electrons. The number of thioether (sulfide) groups is 1. The summed E-state index contributed by atoms with van der Waals surface area (Å²) in [5.74, 6) is -0.818. The highest BCUT2D eigenvalue weighted by Gasteiger charge is 2.15. The van der Waals surface area contributed by atoms with E-state index in [2.05, 4.69) is 17.2 Å². The molecule has 0 unspecified atom stereocenters. The van der Waals surface area contributed by atoms with E-state index in [1.807, 2.05) is 12.1 Å². The van der Waals surface area contributed by atoms with Gasteiger partial charge in [-0.1, -0.05) is 43.3 Å². The van der Waals surface area contributed by atoms with Crippen LogP contribution in [0.5, 0.6) is 0 Å². The fourth-order valence-electron chi connectivity index (χ4n) is 2.53. The van der Waals surface area contributed by atoms with Crippen LogP contribution in [0.4, 0.5) is 0 Å². The molecule has 0 bridgehead atoms. The van der Waals surface area contributed by atoms with Crippen molar-refractivity contribution < 1.29 is 9.59 Å². The zero-order chi connectivity index (χ0) is 19.2. The number of nitrogens with zero attached hydrogens (tertiary/aromatic N) is 2. The maximum atomic E-state index is 12.8. The number of imide groups is 1. The molecule has 0 spiro atoms. The van der Waals surface area contributed by atoms with Gasteiger partial charge in [-0.05, 0) is 30.0 Å². The number of carbonyl (C=O) groups excluding carboxylic acids is 2. The van der Waals surface area contributed by atoms with Crippen LogP contribution in [0.3, 0.4) is 0 Å². The molecule has 3 aromatic rings. The number of aromatic nitrogens is 2. The summed E-state index contributed by atoms with van der Waals surface area (Å²) in [7, 11) is 0. The van der Waals surface area contributed by atoms with E-state index in [0.717, 1.165) is 24.6 Å². The number of rotatable bonds is 7. The molecule has 0 saturated carbocycles. The fraction of sp³-hybridized carbons (Fsp3) is 0.263. The van der Waals surface area contributed by atoms with Gasteiger partial charge in [0.25, 0.3) is 11.5 Å². The number of benzene rings is 1. The third-order valence-electron chi connectivity index (χ3n) is 3.89. The monoisotopic (exact) mass is 401 g/mol. The number of hydrogen-bond donors (Lipinski definition) is 1. The third kappa shape index (κ3) is 4.64. The van der Waals surface area contributed by atoms with Crippen molar-refractivity contribution in [2.24, 2.45) is 0 Å². The van der Waals surface area contributed by atoms with E-state index in [0.29, 0.717) is 27.5 Å². The fourth-order valence-corrected chi connectivity index (χ4v) is 3.98. The van der Waals surface area contributed by atoms with Crippen LogP contribution >= 0.6 is 23.1 Å². The molecule has 3 rings (SSSR count). The van der Waals surface area contributed by atoms with Crippen molar-refractivity contribution >= 4 is 45.8 Å². The van der Waals surface area contributed by atoms with E-state index in [-0.39, 0.29) is 11.3 Å². The molecule has 0 aliphatic rings. The Bertz CT molecular complexity index is 1010. The first kappa shape index (κ1) is 19.3. The van der Waals surface area contributed by atoms with E-state index in [4.69, 9.17) is 0 Å². The molecule has 27 heavy (non-hydrogen) atoms. The highest BCUT2D eigenvalue weighted by molar-refractivity contribution is 7.99. The number of fused-ring (bicyclic) bond motifs is 1. The molecule has 1 aromatic carbocycles. The Kier molecular flexibility index (Phi) is 6.41. The molecule has 0 atom stereocenters. The highest BCUT2D eigenvalue weighted by atomic mass is 32.2. The van der Waals surface area contributed by atoms with Crippen LogP contribution in [-0.4, -0.2) is 27.1 Å². The van der Waals surface area contributed by atoms with Crippen LogP contribution in [-0.2, 0) is 11.3 Å². The predicted molar refractivity (Wildman–Crippen MR) is 108 cm³/mol. The first-order valence-electron chi connectivity index (χ1n) is 8.60. The molecular weight excluding hydrogens is 382 g/mol. The lowest BCUT2D eigenvalue weighted by atomic mass is 10.2. The summed E-state index contributed by atoms with van der Waals surface area (Å²) < 4.78 is 1.62. The summed E-state index contributed by atoms with van der Waals surface area (Å²) in [6.07, 6.45) is 1.79. The molecule has 1 N–H and O–H groups in total. The van der Waals surface area contributed by atoms with Gasteiger partial charge in [-0.15, -0.1) is 11.3 Å². The van der Waals surface area contributed by atoms with Crippen molar-refractivity contribution in [2.75, 3.05) is 5.75 Å². The van der Waals surface area contributed by atoms with Gasteiger partial charge in [0, 0.05) is 6.54 Å². The Balaban J connectivity index is 1.77. The normalized spacial score (nSPS) is 10.9. The average Bonchev–Trinajstić information content (AvgIpc) is 3.21. The minimum atomic E-state index is -0.414. The number of para-hydroxylation sites is 1. The summed E-state index contributed by atoms with van der Waals surface area (Å²) >= 11 is 2.44. The molecule has 2 aromatic heterocycles. The zero-order valence-electron chi connectivity index (χ0n) is 14.8. The lowest BCUT2D eigenvalue weighted by Crippen LogP contribution is -2.31. The molecule has 0 aliphatic carbocycles. The molecule has 140 valence electrons. The van der Waals surface area contributed by atoms with Gasteiger partial charge in [-0.3, -0.25) is 24.3 Å². The molecule has 2 heterocycles. The second-order valence-electron chi connectivity index (χ2n) is 5.87. The first-order chi connectivity index (χ1) is 13.1. The van der Waals surface area contributed by atoms with Gasteiger partial charge in [0.05, 0.1) is 21.5 Å². The summed E-state index contributed by atoms with van der Waals surface area (Å²) in [6, 6.07) is 10.6. The van der Waals surface area contributed by atoms with E-state index in [1.165, 1.54) is 11.3 Å². The van der Waals surface area contributed by atoms with Crippen molar-refractivity contribution in [3.05, 3.63) is 57.0 Å². The van der Waals surface area contributed by atoms with E-state index < -0.39 is 11.8 Å². The SMILES string of the molecule is CCCCn1c(SCC(=O)NC(=O)c2cccs2)nc2ccccc2c1=O. The Morgan fingerprint density at radius 1 is 1.22 bits per heavy atom. The zero-order valence-corrected chi connectivity index (χ0v) is 16.4. The van der Waals surface area contributed by atoms with Crippen molar-refractivity contribution in [2.45, 2.75) is 31.5 Å². The standard InChI is InChI=1S/C19H19N3O3S2/c1-2-3-10-22-18(25)13-7-4-5-8-14(13)20-19(22)27-12-16(23)21-17(24)15-9-6-11-26-15/h4-9,11H,2-3,10,12H2,1H3,(H,21,23,24). The van der Waals surface area contributed by atoms with Crippen LogP contribution in [0, 0.1) is 0 Å². The molecular formula is C19H19N3O3S2. The van der Waals surface area contributed by atoms with E-state index in [1.54, 1.807) is 34.2 Å². The maximum absolute atomic E-state index is 12.8. The summed E-state index contributed by atoms with van der Waals surface area (Å²) in [5.41, 5.74) is 0.499. The van der Waals surface area contributed by atoms with Crippen LogP contribution in [0.1, 0.15) is 29.4 Å². The lowest BCUT2D eigenvalue weighted by molar-refractivity contribution is -0.117. The third-order valence-corrected chi connectivity index (χ3v) is 5.74. The molecule has 8 heteroatoms. The van der Waals surface area contributed by atoms with Crippen molar-refractivity contribution in [3.63, 3.8) is 0 Å². The van der Waals surface area contributed by atoms with Gasteiger partial charge in [-0.25, -0.2) is 4.98 Å². The number of thiophene rings is 1. The van der Waals surface area contributed by atoms with Gasteiger partial charge in [0.15, 0.2) is 5.16 Å². The first-order valence-corrected chi connectivity index (χ1v) is 10.5. The van der Waals surface area contributed by atoms with Crippen LogP contribution in [0.2, 0.25) is 0 Å². The van der Waals surface area contributed by atoms with Crippen LogP contribution in [0.15, 0.2) is 51.7 Å². The van der Waals surface area contributed by atoms with Crippen LogP contribution in [0.25, 0.3) is 10.9 Å².